The van der Waals surface area contributed by atoms with Crippen LogP contribution < -0.4 is 15.1 Å². The molecule has 0 spiro atoms. The summed E-state index contributed by atoms with van der Waals surface area (Å²) in [6.07, 6.45) is -6.49. The van der Waals surface area contributed by atoms with E-state index in [4.69, 9.17) is 11.6 Å². The molecule has 2 fully saturated rings. The second-order valence-corrected chi connectivity index (χ2v) is 10.7. The van der Waals surface area contributed by atoms with E-state index in [0.29, 0.717) is 6.07 Å². The normalized spacial score (nSPS) is 18.7. The summed E-state index contributed by atoms with van der Waals surface area (Å²) in [5.74, 6) is -6.75. The molecule has 0 unspecified atom stereocenters. The van der Waals surface area contributed by atoms with Crippen molar-refractivity contribution in [2.24, 2.45) is 0 Å². The number of anilines is 2. The molecule has 7 nitrogen and oxygen atoms in total. The van der Waals surface area contributed by atoms with Gasteiger partial charge in [0.2, 0.25) is 11.8 Å². The topological polar surface area (TPSA) is 82.6 Å². The van der Waals surface area contributed by atoms with E-state index < -0.39 is 78.1 Å². The summed E-state index contributed by atoms with van der Waals surface area (Å²) in [4.78, 5) is 46.4. The van der Waals surface area contributed by atoms with Crippen LogP contribution in [0.1, 0.15) is 50.4 Å². The van der Waals surface area contributed by atoms with E-state index in [1.165, 1.54) is 30.3 Å². The fourth-order valence-corrected chi connectivity index (χ4v) is 5.49. The molecule has 14 heteroatoms. The SMILES string of the molecule is C.O=C(NC1CC(F)(F)C1)[C@@H](c1ccccc1Cl)N(C(=O)[C@@H]1CCC(=O)N1c1cccc(C(F)(F)F)n1)c1cccc(F)c1. The lowest BCUT2D eigenvalue weighted by atomic mass is 9.87. The van der Waals surface area contributed by atoms with Gasteiger partial charge in [-0.2, -0.15) is 13.2 Å². The van der Waals surface area contributed by atoms with Crippen molar-refractivity contribution in [1.82, 2.24) is 10.3 Å². The average Bonchev–Trinajstić information content (AvgIpc) is 3.31. The van der Waals surface area contributed by atoms with Crippen LogP contribution in [0.2, 0.25) is 5.02 Å². The van der Waals surface area contributed by atoms with Crippen LogP contribution >= 0.6 is 11.6 Å². The first-order valence-electron chi connectivity index (χ1n) is 13.1. The third-order valence-electron chi connectivity index (χ3n) is 7.24. The van der Waals surface area contributed by atoms with Crippen LogP contribution in [0, 0.1) is 5.82 Å². The van der Waals surface area contributed by atoms with Gasteiger partial charge in [0.15, 0.2) is 0 Å². The van der Waals surface area contributed by atoms with Crippen molar-refractivity contribution in [1.29, 1.82) is 0 Å². The largest absolute Gasteiger partial charge is 0.433 e. The Labute approximate surface area is 253 Å². The smallest absolute Gasteiger partial charge is 0.351 e. The Morgan fingerprint density at radius 1 is 1.05 bits per heavy atom. The monoisotopic (exact) mass is 640 g/mol. The van der Waals surface area contributed by atoms with Crippen molar-refractivity contribution in [3.05, 3.63) is 88.8 Å². The number of nitrogens with one attached hydrogen (secondary N) is 1. The van der Waals surface area contributed by atoms with Crippen LogP contribution in [0.4, 0.5) is 37.8 Å². The van der Waals surface area contributed by atoms with Crippen LogP contribution in [0.5, 0.6) is 0 Å². The van der Waals surface area contributed by atoms with Crippen molar-refractivity contribution < 1.29 is 40.7 Å². The number of carbonyl (C=O) groups excluding carboxylic acids is 3. The molecular formula is C30H27ClF6N4O3. The molecule has 1 aromatic heterocycles. The molecule has 3 aromatic rings. The van der Waals surface area contributed by atoms with E-state index in [2.05, 4.69) is 10.3 Å². The Bertz CT molecular complexity index is 1560. The summed E-state index contributed by atoms with van der Waals surface area (Å²) < 4.78 is 81.9. The highest BCUT2D eigenvalue weighted by Gasteiger charge is 2.49. The maximum atomic E-state index is 14.5. The highest BCUT2D eigenvalue weighted by Crippen LogP contribution is 2.40. The number of hydrogen-bond donors (Lipinski definition) is 1. The molecule has 2 heterocycles. The zero-order chi connectivity index (χ0) is 31.1. The van der Waals surface area contributed by atoms with Crippen molar-refractivity contribution in [3.63, 3.8) is 0 Å². The molecular weight excluding hydrogens is 614 g/mol. The summed E-state index contributed by atoms with van der Waals surface area (Å²) >= 11 is 6.43. The number of pyridine rings is 1. The van der Waals surface area contributed by atoms with Gasteiger partial charge in [-0.25, -0.2) is 18.2 Å². The van der Waals surface area contributed by atoms with E-state index in [-0.39, 0.29) is 36.5 Å². The summed E-state index contributed by atoms with van der Waals surface area (Å²) in [6.45, 7) is 0. The fourth-order valence-electron chi connectivity index (χ4n) is 5.25. The number of alkyl halides is 5. The van der Waals surface area contributed by atoms with Crippen molar-refractivity contribution >= 4 is 40.8 Å². The van der Waals surface area contributed by atoms with Gasteiger partial charge < -0.3 is 5.32 Å². The van der Waals surface area contributed by atoms with Gasteiger partial charge in [0, 0.05) is 41.6 Å². The standard InChI is InChI=1S/C29H23ClF6N4O3.CH4/c30-20-8-2-1-7-19(20)25(26(42)37-17-14-28(32,33)15-17)39(18-6-3-5-16(31)13-18)27(43)21-11-12-24(41)40(21)23-10-4-9-22(38-23)29(34,35)36;/h1-10,13,17,21,25H,11-12,14-15H2,(H,37,42);1H4/t21-,25+;/m0./s1. The van der Waals surface area contributed by atoms with E-state index >= 15 is 0 Å². The molecule has 1 saturated heterocycles. The maximum Gasteiger partial charge on any atom is 0.433 e. The molecule has 2 atom stereocenters. The minimum Gasteiger partial charge on any atom is -0.351 e. The van der Waals surface area contributed by atoms with Gasteiger partial charge in [-0.15, -0.1) is 0 Å². The number of carbonyl (C=O) groups is 3. The first-order valence-corrected chi connectivity index (χ1v) is 13.5. The summed E-state index contributed by atoms with van der Waals surface area (Å²) in [6, 6.07) is 9.44. The van der Waals surface area contributed by atoms with Crippen molar-refractivity contribution in [2.45, 2.75) is 63.3 Å². The van der Waals surface area contributed by atoms with Gasteiger partial charge in [-0.3, -0.25) is 24.2 Å². The van der Waals surface area contributed by atoms with Crippen molar-refractivity contribution in [3.8, 4) is 0 Å². The minimum absolute atomic E-state index is 0. The number of rotatable bonds is 7. The van der Waals surface area contributed by atoms with Crippen LogP contribution in [0.15, 0.2) is 66.7 Å². The maximum absolute atomic E-state index is 14.5. The number of halogens is 7. The highest BCUT2D eigenvalue weighted by atomic mass is 35.5. The fraction of sp³-hybridized carbons (Fsp3) is 0.333. The van der Waals surface area contributed by atoms with Gasteiger partial charge in [-0.1, -0.05) is 49.4 Å². The van der Waals surface area contributed by atoms with Crippen molar-refractivity contribution in [2.75, 3.05) is 9.80 Å². The predicted molar refractivity (Wildman–Crippen MR) is 151 cm³/mol. The molecule has 2 aliphatic rings. The summed E-state index contributed by atoms with van der Waals surface area (Å²) in [5, 5.41) is 2.52. The highest BCUT2D eigenvalue weighted by molar-refractivity contribution is 6.31. The van der Waals surface area contributed by atoms with E-state index in [1.807, 2.05) is 0 Å². The van der Waals surface area contributed by atoms with Gasteiger partial charge in [0.25, 0.3) is 11.8 Å². The zero-order valence-electron chi connectivity index (χ0n) is 22.1. The van der Waals surface area contributed by atoms with Crippen LogP contribution in [-0.4, -0.2) is 40.7 Å². The Balaban J connectivity index is 0.00000442. The molecule has 0 radical (unpaired) electrons. The molecule has 0 bridgehead atoms. The molecule has 234 valence electrons. The lowest BCUT2D eigenvalue weighted by molar-refractivity contribution is -0.141. The molecule has 5 rings (SSSR count). The molecule has 1 aliphatic heterocycles. The number of amides is 3. The van der Waals surface area contributed by atoms with Crippen LogP contribution in [0.25, 0.3) is 0 Å². The quantitative estimate of drug-likeness (QED) is 0.291. The molecule has 2 aromatic carbocycles. The molecule has 1 saturated carbocycles. The lowest BCUT2D eigenvalue weighted by Gasteiger charge is -2.39. The van der Waals surface area contributed by atoms with E-state index in [0.717, 1.165) is 34.1 Å². The molecule has 1 N–H and O–H groups in total. The average molecular weight is 641 g/mol. The number of aromatic nitrogens is 1. The molecule has 1 aliphatic carbocycles. The second kappa shape index (κ2) is 12.5. The molecule has 3 amide bonds. The Morgan fingerprint density at radius 2 is 1.73 bits per heavy atom. The second-order valence-electron chi connectivity index (χ2n) is 10.3. The zero-order valence-corrected chi connectivity index (χ0v) is 22.9. The third-order valence-corrected chi connectivity index (χ3v) is 7.58. The Morgan fingerprint density at radius 3 is 2.36 bits per heavy atom. The van der Waals surface area contributed by atoms with Crippen LogP contribution in [-0.2, 0) is 20.6 Å². The van der Waals surface area contributed by atoms with Gasteiger partial charge in [0.1, 0.15) is 29.4 Å². The van der Waals surface area contributed by atoms with E-state index in [1.54, 1.807) is 6.07 Å². The number of nitrogens with zero attached hydrogens (tertiary/aromatic N) is 3. The van der Waals surface area contributed by atoms with Gasteiger partial charge >= 0.3 is 6.18 Å². The minimum atomic E-state index is -4.84. The lowest BCUT2D eigenvalue weighted by Crippen LogP contribution is -2.56. The third kappa shape index (κ3) is 6.67. The van der Waals surface area contributed by atoms with E-state index in [9.17, 15) is 40.7 Å². The van der Waals surface area contributed by atoms with Gasteiger partial charge in [0.05, 0.1) is 0 Å². The summed E-state index contributed by atoms with van der Waals surface area (Å²) in [5.41, 5.74) is -1.36. The number of hydrogen-bond acceptors (Lipinski definition) is 4. The Kier molecular flexibility index (Phi) is 9.29. The van der Waals surface area contributed by atoms with Crippen LogP contribution in [0.3, 0.4) is 0 Å². The van der Waals surface area contributed by atoms with Gasteiger partial charge in [-0.05, 0) is 42.8 Å². The number of benzene rings is 2. The summed E-state index contributed by atoms with van der Waals surface area (Å²) in [7, 11) is 0. The first-order chi connectivity index (χ1) is 20.2. The predicted octanol–water partition coefficient (Wildman–Crippen LogP) is 6.71. The molecule has 44 heavy (non-hydrogen) atoms. The Hall–Kier alpha value is -4.13. The first kappa shape index (κ1) is 32.8.